The van der Waals surface area contributed by atoms with Gasteiger partial charge in [-0.25, -0.2) is 0 Å². The number of rotatable bonds is 3. The van der Waals surface area contributed by atoms with Gasteiger partial charge in [-0.05, 0) is 56.5 Å². The lowest BCUT2D eigenvalue weighted by Crippen LogP contribution is -2.41. The van der Waals surface area contributed by atoms with E-state index in [2.05, 4.69) is 5.32 Å². The molecule has 0 spiro atoms. The van der Waals surface area contributed by atoms with Crippen LogP contribution in [-0.2, 0) is 4.79 Å². The summed E-state index contributed by atoms with van der Waals surface area (Å²) < 4.78 is 5.40. The van der Waals surface area contributed by atoms with E-state index in [-0.39, 0.29) is 11.9 Å². The number of hydrogen-bond acceptors (Lipinski definition) is 3. The van der Waals surface area contributed by atoms with Crippen molar-refractivity contribution >= 4 is 11.6 Å². The van der Waals surface area contributed by atoms with Gasteiger partial charge in [-0.3, -0.25) is 4.79 Å². The van der Waals surface area contributed by atoms with Crippen LogP contribution in [-0.4, -0.2) is 32.7 Å². The first kappa shape index (κ1) is 13.9. The van der Waals surface area contributed by atoms with Crippen LogP contribution in [0.5, 0.6) is 5.75 Å². The average molecular weight is 262 g/mol. The Morgan fingerprint density at radius 3 is 2.63 bits per heavy atom. The second kappa shape index (κ2) is 5.61. The first-order valence-electron chi connectivity index (χ1n) is 6.70. The summed E-state index contributed by atoms with van der Waals surface area (Å²) in [6.45, 7) is 5.01. The molecule has 1 aliphatic rings. The standard InChI is InChI=1S/C15H22N2O2/c1-10-8-13(14(19-4)9-11(10)2)17(3)15(18)12-6-5-7-16-12/h8-9,12,16H,5-7H2,1-4H3. The van der Waals surface area contributed by atoms with E-state index in [1.54, 1.807) is 12.0 Å². The van der Waals surface area contributed by atoms with E-state index in [1.165, 1.54) is 5.56 Å². The number of carbonyl (C=O) groups is 1. The zero-order valence-electron chi connectivity index (χ0n) is 12.1. The molecule has 1 aliphatic heterocycles. The molecule has 2 rings (SSSR count). The molecule has 104 valence electrons. The Labute approximate surface area is 114 Å². The van der Waals surface area contributed by atoms with Gasteiger partial charge in [0.05, 0.1) is 18.8 Å². The van der Waals surface area contributed by atoms with E-state index in [0.29, 0.717) is 0 Å². The predicted octanol–water partition coefficient (Wildman–Crippen LogP) is 2.03. The number of aryl methyl sites for hydroxylation is 2. The fraction of sp³-hybridized carbons (Fsp3) is 0.533. The van der Waals surface area contributed by atoms with Gasteiger partial charge < -0.3 is 15.0 Å². The lowest BCUT2D eigenvalue weighted by molar-refractivity contribution is -0.119. The minimum atomic E-state index is -0.0590. The average Bonchev–Trinajstić information content (AvgIpc) is 2.93. The Hall–Kier alpha value is -1.55. The number of nitrogens with one attached hydrogen (secondary N) is 1. The van der Waals surface area contributed by atoms with Gasteiger partial charge in [0.2, 0.25) is 5.91 Å². The van der Waals surface area contributed by atoms with Crippen molar-refractivity contribution in [2.45, 2.75) is 32.7 Å². The summed E-state index contributed by atoms with van der Waals surface area (Å²) in [6.07, 6.45) is 1.98. The fourth-order valence-electron chi connectivity index (χ4n) is 2.45. The number of nitrogens with zero attached hydrogens (tertiary/aromatic N) is 1. The Morgan fingerprint density at radius 1 is 1.37 bits per heavy atom. The first-order chi connectivity index (χ1) is 9.04. The highest BCUT2D eigenvalue weighted by atomic mass is 16.5. The number of anilines is 1. The highest BCUT2D eigenvalue weighted by Crippen LogP contribution is 2.31. The zero-order chi connectivity index (χ0) is 14.0. The second-order valence-electron chi connectivity index (χ2n) is 5.15. The van der Waals surface area contributed by atoms with Crippen LogP contribution >= 0.6 is 0 Å². The van der Waals surface area contributed by atoms with Gasteiger partial charge in [-0.2, -0.15) is 0 Å². The summed E-state index contributed by atoms with van der Waals surface area (Å²) in [6, 6.07) is 3.94. The molecule has 1 heterocycles. The van der Waals surface area contributed by atoms with Crippen molar-refractivity contribution in [2.24, 2.45) is 0 Å². The van der Waals surface area contributed by atoms with Crippen molar-refractivity contribution in [3.63, 3.8) is 0 Å². The molecule has 1 aromatic rings. The molecule has 4 nitrogen and oxygen atoms in total. The van der Waals surface area contributed by atoms with Crippen molar-refractivity contribution in [1.82, 2.24) is 5.32 Å². The summed E-state index contributed by atoms with van der Waals surface area (Å²) >= 11 is 0. The lowest BCUT2D eigenvalue weighted by Gasteiger charge is -2.24. The van der Waals surface area contributed by atoms with Crippen molar-refractivity contribution in [1.29, 1.82) is 0 Å². The third kappa shape index (κ3) is 2.73. The van der Waals surface area contributed by atoms with Gasteiger partial charge in [0.15, 0.2) is 0 Å². The van der Waals surface area contributed by atoms with E-state index in [1.807, 2.05) is 33.0 Å². The maximum Gasteiger partial charge on any atom is 0.243 e. The Bertz CT molecular complexity index is 479. The van der Waals surface area contributed by atoms with E-state index in [9.17, 15) is 4.79 Å². The molecule has 0 radical (unpaired) electrons. The summed E-state index contributed by atoms with van der Waals surface area (Å²) in [5, 5.41) is 3.24. The molecule has 0 bridgehead atoms. The predicted molar refractivity (Wildman–Crippen MR) is 76.9 cm³/mol. The van der Waals surface area contributed by atoms with Crippen LogP contribution in [0.25, 0.3) is 0 Å². The van der Waals surface area contributed by atoms with E-state index < -0.39 is 0 Å². The number of likely N-dealkylation sites (N-methyl/N-ethyl adjacent to an activating group) is 1. The molecule has 0 saturated carbocycles. The van der Waals surface area contributed by atoms with Crippen LogP contribution < -0.4 is 15.0 Å². The normalized spacial score (nSPS) is 18.4. The molecule has 1 fully saturated rings. The lowest BCUT2D eigenvalue weighted by atomic mass is 10.1. The third-order valence-corrected chi connectivity index (χ3v) is 3.85. The van der Waals surface area contributed by atoms with Gasteiger partial charge in [-0.15, -0.1) is 0 Å². The molecule has 19 heavy (non-hydrogen) atoms. The number of hydrogen-bond donors (Lipinski definition) is 1. The largest absolute Gasteiger partial charge is 0.495 e. The van der Waals surface area contributed by atoms with Crippen LogP contribution in [0.4, 0.5) is 5.69 Å². The van der Waals surface area contributed by atoms with Crippen molar-refractivity contribution in [3.05, 3.63) is 23.3 Å². The minimum absolute atomic E-state index is 0.0590. The molecule has 1 saturated heterocycles. The molecule has 1 atom stereocenters. The monoisotopic (exact) mass is 262 g/mol. The quantitative estimate of drug-likeness (QED) is 0.906. The van der Waals surface area contributed by atoms with Crippen LogP contribution in [0.15, 0.2) is 12.1 Å². The number of benzene rings is 1. The molecule has 4 heteroatoms. The van der Waals surface area contributed by atoms with Gasteiger partial charge in [0.1, 0.15) is 5.75 Å². The summed E-state index contributed by atoms with van der Waals surface area (Å²) in [5.74, 6) is 0.857. The summed E-state index contributed by atoms with van der Waals surface area (Å²) in [7, 11) is 3.45. The summed E-state index contributed by atoms with van der Waals surface area (Å²) in [4.78, 5) is 14.1. The number of ether oxygens (including phenoxy) is 1. The highest BCUT2D eigenvalue weighted by molar-refractivity contribution is 5.98. The van der Waals surface area contributed by atoms with Gasteiger partial charge in [0.25, 0.3) is 0 Å². The molecular formula is C15H22N2O2. The van der Waals surface area contributed by atoms with Gasteiger partial charge in [0, 0.05) is 7.05 Å². The first-order valence-corrected chi connectivity index (χ1v) is 6.70. The van der Waals surface area contributed by atoms with Crippen LogP contribution in [0.3, 0.4) is 0 Å². The SMILES string of the molecule is COc1cc(C)c(C)cc1N(C)C(=O)C1CCCN1. The Morgan fingerprint density at radius 2 is 2.05 bits per heavy atom. The number of methoxy groups -OCH3 is 1. The van der Waals surface area contributed by atoms with E-state index in [0.717, 1.165) is 36.4 Å². The molecule has 1 N–H and O–H groups in total. The topological polar surface area (TPSA) is 41.6 Å². The fourth-order valence-corrected chi connectivity index (χ4v) is 2.45. The molecule has 0 aliphatic carbocycles. The smallest absolute Gasteiger partial charge is 0.243 e. The zero-order valence-corrected chi connectivity index (χ0v) is 12.1. The number of carbonyl (C=O) groups excluding carboxylic acids is 1. The second-order valence-corrected chi connectivity index (χ2v) is 5.15. The van der Waals surface area contributed by atoms with Crippen LogP contribution in [0.1, 0.15) is 24.0 Å². The van der Waals surface area contributed by atoms with Crippen molar-refractivity contribution < 1.29 is 9.53 Å². The van der Waals surface area contributed by atoms with Crippen LogP contribution in [0, 0.1) is 13.8 Å². The molecule has 1 unspecified atom stereocenters. The van der Waals surface area contributed by atoms with E-state index in [4.69, 9.17) is 4.74 Å². The van der Waals surface area contributed by atoms with E-state index >= 15 is 0 Å². The minimum Gasteiger partial charge on any atom is -0.495 e. The number of amides is 1. The van der Waals surface area contributed by atoms with Crippen molar-refractivity contribution in [3.8, 4) is 5.75 Å². The maximum atomic E-state index is 12.4. The summed E-state index contributed by atoms with van der Waals surface area (Å²) in [5.41, 5.74) is 3.17. The third-order valence-electron chi connectivity index (χ3n) is 3.85. The van der Waals surface area contributed by atoms with Crippen LogP contribution in [0.2, 0.25) is 0 Å². The maximum absolute atomic E-state index is 12.4. The highest BCUT2D eigenvalue weighted by Gasteiger charge is 2.27. The van der Waals surface area contributed by atoms with Crippen molar-refractivity contribution in [2.75, 3.05) is 25.6 Å². The Kier molecular flexibility index (Phi) is 4.10. The molecule has 1 aromatic carbocycles. The molecular weight excluding hydrogens is 240 g/mol. The van der Waals surface area contributed by atoms with Gasteiger partial charge >= 0.3 is 0 Å². The molecule has 1 amide bonds. The molecule has 0 aromatic heterocycles. The van der Waals surface area contributed by atoms with Gasteiger partial charge in [-0.1, -0.05) is 0 Å². The Balaban J connectivity index is 2.29.